The van der Waals surface area contributed by atoms with E-state index in [1.54, 1.807) is 0 Å². The summed E-state index contributed by atoms with van der Waals surface area (Å²) in [6.07, 6.45) is -2.10. The lowest BCUT2D eigenvalue weighted by Crippen LogP contribution is -2.56. The van der Waals surface area contributed by atoms with E-state index in [1.165, 1.54) is 44.6 Å². The molecule has 1 aliphatic carbocycles. The number of carboxylic acids is 1. The van der Waals surface area contributed by atoms with Crippen molar-refractivity contribution >= 4 is 28.9 Å². The van der Waals surface area contributed by atoms with Crippen molar-refractivity contribution in [3.8, 4) is 39.7 Å². The molecule has 0 spiro atoms. The topological polar surface area (TPSA) is 164 Å². The molecule has 2 heterocycles. The molecule has 3 N–H and O–H groups in total. The molecule has 3 aliphatic rings. The van der Waals surface area contributed by atoms with E-state index in [1.807, 2.05) is 0 Å². The van der Waals surface area contributed by atoms with Gasteiger partial charge in [0.15, 0.2) is 17.2 Å². The van der Waals surface area contributed by atoms with Gasteiger partial charge in [0.05, 0.1) is 14.2 Å². The molecule has 11 nitrogen and oxygen atoms in total. The van der Waals surface area contributed by atoms with E-state index in [-0.39, 0.29) is 61.1 Å². The highest BCUT2D eigenvalue weighted by molar-refractivity contribution is 6.11. The molecule has 1 unspecified atom stereocenters. The van der Waals surface area contributed by atoms with Crippen LogP contribution >= 0.6 is 0 Å². The molecular weight excluding hydrogens is 493 g/mol. The lowest BCUT2D eigenvalue weighted by atomic mass is 9.84. The number of carbonyl (C=O) groups is 3. The van der Waals surface area contributed by atoms with Crippen LogP contribution in [0, 0.1) is 0 Å². The van der Waals surface area contributed by atoms with Crippen molar-refractivity contribution in [3.63, 3.8) is 0 Å². The van der Waals surface area contributed by atoms with Crippen LogP contribution in [0.5, 0.6) is 17.2 Å². The largest absolute Gasteiger partial charge is 0.504 e. The number of phenols is 1. The van der Waals surface area contributed by atoms with Crippen molar-refractivity contribution in [2.24, 2.45) is 0 Å². The van der Waals surface area contributed by atoms with Gasteiger partial charge in [-0.05, 0) is 29.8 Å². The third kappa shape index (κ3) is 3.19. The zero-order valence-corrected chi connectivity index (χ0v) is 19.1. The highest BCUT2D eigenvalue weighted by Crippen LogP contribution is 2.49. The number of hydrogen-bond donors (Lipinski definition) is 3. The van der Waals surface area contributed by atoms with Crippen LogP contribution in [0.3, 0.4) is 0 Å². The Balaban J connectivity index is 1.99. The average molecular weight is 509 g/mol. The van der Waals surface area contributed by atoms with Crippen molar-refractivity contribution in [1.82, 2.24) is 4.90 Å². The minimum Gasteiger partial charge on any atom is -0.504 e. The maximum absolute atomic E-state index is 16.3. The molecule has 0 fully saturated rings. The monoisotopic (exact) mass is 509 g/mol. The van der Waals surface area contributed by atoms with Crippen LogP contribution in [0.2, 0.25) is 0 Å². The predicted molar refractivity (Wildman–Crippen MR) is 124 cm³/mol. The van der Waals surface area contributed by atoms with E-state index in [0.717, 1.165) is 12.1 Å². The standard InChI is InChI=1S/C25H16FNO10/c1-35-19-6-12-17(8-15(19)28)37-18-9-16(29)20(36-2)7-13(18)21(12)11-4-3-10-5-14(11)25(26,23(31)32)27(22(10)30)24(33)34/h3-9,28H,1-2H3,(H,31,32)(H,33,34). The molecule has 0 radical (unpaired) electrons. The van der Waals surface area contributed by atoms with Crippen molar-refractivity contribution in [2.45, 2.75) is 5.79 Å². The number of hydrogen-bond acceptors (Lipinski definition) is 8. The molecule has 2 bridgehead atoms. The molecule has 2 amide bonds. The molecule has 0 saturated heterocycles. The van der Waals surface area contributed by atoms with E-state index in [9.17, 15) is 34.5 Å². The molecule has 188 valence electrons. The van der Waals surface area contributed by atoms with Gasteiger partial charge in [0.25, 0.3) is 5.91 Å². The summed E-state index contributed by atoms with van der Waals surface area (Å²) in [6.45, 7) is 0. The Bertz CT molecular complexity index is 1690. The van der Waals surface area contributed by atoms with Crippen LogP contribution in [-0.4, -0.2) is 52.4 Å². The Morgan fingerprint density at radius 3 is 2.30 bits per heavy atom. The second-order valence-corrected chi connectivity index (χ2v) is 8.11. The minimum atomic E-state index is -3.79. The lowest BCUT2D eigenvalue weighted by molar-refractivity contribution is -0.162. The smallest absolute Gasteiger partial charge is 0.417 e. The van der Waals surface area contributed by atoms with E-state index < -0.39 is 34.8 Å². The van der Waals surface area contributed by atoms with Crippen LogP contribution in [0.15, 0.2) is 51.7 Å². The summed E-state index contributed by atoms with van der Waals surface area (Å²) >= 11 is 0. The molecule has 0 saturated carbocycles. The summed E-state index contributed by atoms with van der Waals surface area (Å²) in [6, 6.07) is 8.40. The Morgan fingerprint density at radius 2 is 1.68 bits per heavy atom. The van der Waals surface area contributed by atoms with Crippen molar-refractivity contribution in [2.75, 3.05) is 14.2 Å². The Morgan fingerprint density at radius 1 is 0.973 bits per heavy atom. The van der Waals surface area contributed by atoms with E-state index in [0.29, 0.717) is 0 Å². The fourth-order valence-corrected chi connectivity index (χ4v) is 4.52. The quantitative estimate of drug-likeness (QED) is 0.273. The van der Waals surface area contributed by atoms with Gasteiger partial charge >= 0.3 is 17.9 Å². The highest BCUT2D eigenvalue weighted by atomic mass is 19.1. The summed E-state index contributed by atoms with van der Waals surface area (Å²) in [5.41, 5.74) is -1.27. The van der Waals surface area contributed by atoms with Gasteiger partial charge < -0.3 is 29.2 Å². The fourth-order valence-electron chi connectivity index (χ4n) is 4.52. The number of nitrogens with zero attached hydrogens (tertiary/aromatic N) is 1. The van der Waals surface area contributed by atoms with Crippen molar-refractivity contribution in [1.29, 1.82) is 0 Å². The lowest BCUT2D eigenvalue weighted by Gasteiger charge is -2.36. The van der Waals surface area contributed by atoms with Crippen LogP contribution in [0.1, 0.15) is 15.9 Å². The first kappa shape index (κ1) is 23.6. The van der Waals surface area contributed by atoms with Crippen LogP contribution in [0.25, 0.3) is 33.4 Å². The van der Waals surface area contributed by atoms with Gasteiger partial charge in [-0.3, -0.25) is 9.59 Å². The molecule has 12 heteroatoms. The minimum absolute atomic E-state index is 0.00643. The van der Waals surface area contributed by atoms with Crippen LogP contribution in [-0.2, 0) is 10.6 Å². The van der Waals surface area contributed by atoms with Gasteiger partial charge in [0.2, 0.25) is 5.43 Å². The second kappa shape index (κ2) is 7.95. The number of carbonyl (C=O) groups excluding carboxylic acids is 1. The average Bonchev–Trinajstić information content (AvgIpc) is 2.85. The molecule has 2 aliphatic heterocycles. The molecule has 1 atom stereocenters. The molecule has 0 aromatic heterocycles. The maximum Gasteiger partial charge on any atom is 0.417 e. The number of fused-ring (bicyclic) bond motifs is 4. The number of ether oxygens (including phenoxy) is 2. The first-order valence-electron chi connectivity index (χ1n) is 10.5. The van der Waals surface area contributed by atoms with Crippen molar-refractivity contribution in [3.05, 3.63) is 63.8 Å². The third-order valence-electron chi connectivity index (χ3n) is 6.18. The first-order valence-corrected chi connectivity index (χ1v) is 10.5. The van der Waals surface area contributed by atoms with Gasteiger partial charge in [-0.1, -0.05) is 6.07 Å². The maximum atomic E-state index is 16.3. The number of phenolic OH excluding ortho intramolecular Hbond substituents is 1. The number of methoxy groups -OCH3 is 2. The van der Waals surface area contributed by atoms with Crippen molar-refractivity contribution < 1.29 is 48.0 Å². The van der Waals surface area contributed by atoms with Gasteiger partial charge in [0, 0.05) is 39.8 Å². The number of aliphatic carboxylic acids is 1. The number of benzene rings is 3. The zero-order valence-electron chi connectivity index (χ0n) is 19.1. The molecular formula is C25H16FNO10. The molecule has 2 aromatic rings. The molecule has 5 rings (SSSR count). The number of carboxylic acid groups (broad SMARTS) is 2. The third-order valence-corrected chi connectivity index (χ3v) is 6.18. The van der Waals surface area contributed by atoms with E-state index in [4.69, 9.17) is 13.9 Å². The normalized spacial score (nSPS) is 16.7. The zero-order chi connectivity index (χ0) is 26.8. The van der Waals surface area contributed by atoms with E-state index in [2.05, 4.69) is 0 Å². The van der Waals surface area contributed by atoms with E-state index >= 15 is 4.39 Å². The Hall–Kier alpha value is -5.13. The fraction of sp³-hybridized carbons (Fsp3) is 0.120. The number of alkyl halides is 1. The Kier molecular flexibility index (Phi) is 5.07. The van der Waals surface area contributed by atoms with Crippen LogP contribution < -0.4 is 14.9 Å². The number of imide groups is 1. The first-order chi connectivity index (χ1) is 17.5. The number of amides is 2. The summed E-state index contributed by atoms with van der Waals surface area (Å²) < 4.78 is 32.4. The van der Waals surface area contributed by atoms with Crippen LogP contribution in [0.4, 0.5) is 9.18 Å². The Labute approximate surface area is 205 Å². The number of rotatable bonds is 4. The summed E-state index contributed by atoms with van der Waals surface area (Å²) in [5.74, 6) is -7.81. The SMILES string of the molecule is COc1cc2c(-c3ccc4cc3C(F)(C(=O)O)N(C(=O)O)C4=O)c3cc(OC)c(=O)cc-3oc2cc1O. The number of aromatic hydroxyl groups is 1. The molecule has 37 heavy (non-hydrogen) atoms. The summed E-state index contributed by atoms with van der Waals surface area (Å²) in [7, 11) is 2.55. The van der Waals surface area contributed by atoms with Gasteiger partial charge in [0.1, 0.15) is 11.3 Å². The number of halogens is 1. The van der Waals surface area contributed by atoms with Gasteiger partial charge in [-0.25, -0.2) is 14.0 Å². The molecule has 2 aromatic carbocycles. The van der Waals surface area contributed by atoms with Gasteiger partial charge in [-0.15, -0.1) is 0 Å². The van der Waals surface area contributed by atoms with Gasteiger partial charge in [-0.2, -0.15) is 4.90 Å². The highest BCUT2D eigenvalue weighted by Gasteiger charge is 2.57. The second-order valence-electron chi connectivity index (χ2n) is 8.11. The predicted octanol–water partition coefficient (Wildman–Crippen LogP) is 3.63. The summed E-state index contributed by atoms with van der Waals surface area (Å²) in [4.78, 5) is 48.7. The summed E-state index contributed by atoms with van der Waals surface area (Å²) in [5, 5.41) is 29.9.